The van der Waals surface area contributed by atoms with E-state index < -0.39 is 11.6 Å². The van der Waals surface area contributed by atoms with Gasteiger partial charge >= 0.3 is 0 Å². The molecule has 0 atom stereocenters. The third kappa shape index (κ3) is 6.15. The van der Waals surface area contributed by atoms with Gasteiger partial charge in [0.1, 0.15) is 11.6 Å². The topological polar surface area (TPSA) is 12.0 Å². The van der Waals surface area contributed by atoms with E-state index in [2.05, 4.69) is 26.1 Å². The van der Waals surface area contributed by atoms with Gasteiger partial charge in [-0.25, -0.2) is 8.78 Å². The van der Waals surface area contributed by atoms with Gasteiger partial charge < -0.3 is 5.32 Å². The van der Waals surface area contributed by atoms with Gasteiger partial charge in [-0.3, -0.25) is 0 Å². The molecule has 0 aliphatic heterocycles. The molecule has 0 bridgehead atoms. The van der Waals surface area contributed by atoms with Crippen molar-refractivity contribution < 1.29 is 8.78 Å². The molecule has 0 saturated carbocycles. The van der Waals surface area contributed by atoms with Crippen molar-refractivity contribution in [1.29, 1.82) is 0 Å². The molecule has 0 aliphatic carbocycles. The largest absolute Gasteiger partial charge is 0.312 e. The van der Waals surface area contributed by atoms with Gasteiger partial charge in [-0.15, -0.1) is 0 Å². The average molecular weight is 269 g/mol. The van der Waals surface area contributed by atoms with Gasteiger partial charge in [0.05, 0.1) is 0 Å². The SMILES string of the molecule is Cc1cc(CCCCCNC(C)(C)C)c(F)cc1F. The zero-order valence-electron chi connectivity index (χ0n) is 12.4. The Hall–Kier alpha value is -0.960. The summed E-state index contributed by atoms with van der Waals surface area (Å²) in [5.74, 6) is -0.883. The maximum Gasteiger partial charge on any atom is 0.129 e. The molecule has 108 valence electrons. The fourth-order valence-electron chi connectivity index (χ4n) is 1.99. The number of benzene rings is 1. The minimum absolute atomic E-state index is 0.153. The predicted octanol–water partition coefficient (Wildman–Crippen LogP) is 4.37. The predicted molar refractivity (Wildman–Crippen MR) is 76.4 cm³/mol. The number of rotatable bonds is 6. The number of hydrogen-bond donors (Lipinski definition) is 1. The van der Waals surface area contributed by atoms with Gasteiger partial charge in [-0.2, -0.15) is 0 Å². The van der Waals surface area contributed by atoms with Gasteiger partial charge in [0.2, 0.25) is 0 Å². The van der Waals surface area contributed by atoms with Gasteiger partial charge in [-0.05, 0) is 64.6 Å². The summed E-state index contributed by atoms with van der Waals surface area (Å²) < 4.78 is 26.6. The van der Waals surface area contributed by atoms with Crippen LogP contribution in [0.1, 0.15) is 51.2 Å². The normalized spacial score (nSPS) is 11.9. The van der Waals surface area contributed by atoms with Crippen molar-refractivity contribution in [1.82, 2.24) is 5.32 Å². The van der Waals surface area contributed by atoms with Crippen LogP contribution in [0, 0.1) is 18.6 Å². The highest BCUT2D eigenvalue weighted by molar-refractivity contribution is 5.25. The van der Waals surface area contributed by atoms with Crippen molar-refractivity contribution in [3.8, 4) is 0 Å². The van der Waals surface area contributed by atoms with E-state index >= 15 is 0 Å². The first-order valence-electron chi connectivity index (χ1n) is 6.99. The van der Waals surface area contributed by atoms with Crippen LogP contribution in [0.4, 0.5) is 8.78 Å². The molecule has 0 radical (unpaired) electrons. The van der Waals surface area contributed by atoms with Crippen LogP contribution < -0.4 is 5.32 Å². The maximum atomic E-state index is 13.5. The second-order valence-electron chi connectivity index (χ2n) is 6.18. The summed E-state index contributed by atoms with van der Waals surface area (Å²) in [6.45, 7) is 9.08. The Morgan fingerprint density at radius 2 is 1.68 bits per heavy atom. The van der Waals surface area contributed by atoms with E-state index in [0.29, 0.717) is 17.5 Å². The molecule has 0 fully saturated rings. The van der Waals surface area contributed by atoms with Crippen LogP contribution in [0.5, 0.6) is 0 Å². The first-order valence-corrected chi connectivity index (χ1v) is 6.99. The Morgan fingerprint density at radius 1 is 1.00 bits per heavy atom. The lowest BCUT2D eigenvalue weighted by Gasteiger charge is -2.20. The van der Waals surface area contributed by atoms with Gasteiger partial charge in [0.25, 0.3) is 0 Å². The highest BCUT2D eigenvalue weighted by atomic mass is 19.1. The minimum Gasteiger partial charge on any atom is -0.312 e. The smallest absolute Gasteiger partial charge is 0.129 e. The number of hydrogen-bond acceptors (Lipinski definition) is 1. The summed E-state index contributed by atoms with van der Waals surface area (Å²) in [6, 6.07) is 2.61. The Balaban J connectivity index is 2.28. The van der Waals surface area contributed by atoms with Crippen molar-refractivity contribution in [3.05, 3.63) is 34.9 Å². The van der Waals surface area contributed by atoms with Crippen LogP contribution in [0.2, 0.25) is 0 Å². The standard InChI is InChI=1S/C16H25F2N/c1-12-10-13(15(18)11-14(12)17)8-6-5-7-9-19-16(2,3)4/h10-11,19H,5-9H2,1-4H3. The summed E-state index contributed by atoms with van der Waals surface area (Å²) in [5.41, 5.74) is 1.30. The second-order valence-corrected chi connectivity index (χ2v) is 6.18. The second kappa shape index (κ2) is 6.99. The molecule has 0 saturated heterocycles. The molecule has 0 spiro atoms. The number of unbranched alkanes of at least 4 members (excludes halogenated alkanes) is 2. The van der Waals surface area contributed by atoms with E-state index in [9.17, 15) is 8.78 Å². The molecule has 1 rings (SSSR count). The van der Waals surface area contributed by atoms with Crippen LogP contribution in [0.25, 0.3) is 0 Å². The van der Waals surface area contributed by atoms with E-state index in [1.165, 1.54) is 0 Å². The minimum atomic E-state index is -0.462. The van der Waals surface area contributed by atoms with Crippen molar-refractivity contribution in [2.45, 2.75) is 58.9 Å². The Morgan fingerprint density at radius 3 is 2.32 bits per heavy atom. The van der Waals surface area contributed by atoms with Crippen molar-refractivity contribution >= 4 is 0 Å². The first kappa shape index (κ1) is 16.1. The number of aryl methyl sites for hydroxylation is 2. The number of nitrogens with one attached hydrogen (secondary N) is 1. The lowest BCUT2D eigenvalue weighted by molar-refractivity contribution is 0.417. The molecule has 0 aromatic heterocycles. The quantitative estimate of drug-likeness (QED) is 0.756. The molecule has 0 unspecified atom stereocenters. The molecule has 1 N–H and O–H groups in total. The van der Waals surface area contributed by atoms with Crippen LogP contribution in [0.3, 0.4) is 0 Å². The van der Waals surface area contributed by atoms with Gasteiger partial charge in [-0.1, -0.05) is 12.5 Å². The van der Waals surface area contributed by atoms with E-state index in [1.807, 2.05) is 0 Å². The molecule has 0 aliphatic rings. The molecule has 1 aromatic rings. The molecule has 0 heterocycles. The summed E-state index contributed by atoms with van der Waals surface area (Å²) in [7, 11) is 0. The zero-order valence-corrected chi connectivity index (χ0v) is 12.4. The average Bonchev–Trinajstić information content (AvgIpc) is 2.28. The van der Waals surface area contributed by atoms with E-state index in [4.69, 9.17) is 0 Å². The fraction of sp³-hybridized carbons (Fsp3) is 0.625. The molecule has 1 nitrogen and oxygen atoms in total. The van der Waals surface area contributed by atoms with Crippen LogP contribution in [-0.2, 0) is 6.42 Å². The summed E-state index contributed by atoms with van der Waals surface area (Å²) in [5, 5.41) is 3.42. The maximum absolute atomic E-state index is 13.5. The van der Waals surface area contributed by atoms with Crippen molar-refractivity contribution in [2.24, 2.45) is 0 Å². The lowest BCUT2D eigenvalue weighted by Crippen LogP contribution is -2.36. The highest BCUT2D eigenvalue weighted by Gasteiger charge is 2.08. The summed E-state index contributed by atoms with van der Waals surface area (Å²) in [6.07, 6.45) is 3.76. The molecule has 19 heavy (non-hydrogen) atoms. The number of halogens is 2. The first-order chi connectivity index (χ1) is 8.79. The van der Waals surface area contributed by atoms with Crippen LogP contribution >= 0.6 is 0 Å². The molecular weight excluding hydrogens is 244 g/mol. The van der Waals surface area contributed by atoms with E-state index in [-0.39, 0.29) is 5.54 Å². The van der Waals surface area contributed by atoms with Crippen molar-refractivity contribution in [2.75, 3.05) is 6.54 Å². The molecular formula is C16H25F2N. The highest BCUT2D eigenvalue weighted by Crippen LogP contribution is 2.16. The van der Waals surface area contributed by atoms with E-state index in [1.54, 1.807) is 13.0 Å². The van der Waals surface area contributed by atoms with Crippen LogP contribution in [0.15, 0.2) is 12.1 Å². The van der Waals surface area contributed by atoms with Crippen molar-refractivity contribution in [3.63, 3.8) is 0 Å². The monoisotopic (exact) mass is 269 g/mol. The van der Waals surface area contributed by atoms with Crippen LogP contribution in [-0.4, -0.2) is 12.1 Å². The summed E-state index contributed by atoms with van der Waals surface area (Å²) in [4.78, 5) is 0. The van der Waals surface area contributed by atoms with Gasteiger partial charge in [0.15, 0.2) is 0 Å². The Kier molecular flexibility index (Phi) is 5.92. The lowest BCUT2D eigenvalue weighted by atomic mass is 10.0. The molecule has 1 aromatic carbocycles. The summed E-state index contributed by atoms with van der Waals surface area (Å²) >= 11 is 0. The third-order valence-electron chi connectivity index (χ3n) is 3.11. The fourth-order valence-corrected chi connectivity index (χ4v) is 1.99. The molecule has 0 amide bonds. The Bertz CT molecular complexity index is 408. The van der Waals surface area contributed by atoms with Gasteiger partial charge in [0, 0.05) is 11.6 Å². The molecule has 3 heteroatoms. The van der Waals surface area contributed by atoms with E-state index in [0.717, 1.165) is 31.9 Å². The Labute approximate surface area is 115 Å². The third-order valence-corrected chi connectivity index (χ3v) is 3.11. The zero-order chi connectivity index (χ0) is 14.5.